The van der Waals surface area contributed by atoms with Gasteiger partial charge in [0.05, 0.1) is 11.8 Å². The van der Waals surface area contributed by atoms with Crippen molar-refractivity contribution in [1.29, 1.82) is 0 Å². The molecule has 0 N–H and O–H groups in total. The van der Waals surface area contributed by atoms with Gasteiger partial charge < -0.3 is 18.9 Å². The molecule has 8 heteroatoms. The number of esters is 4. The van der Waals surface area contributed by atoms with Crippen molar-refractivity contribution in [1.82, 2.24) is 0 Å². The Labute approximate surface area is 234 Å². The number of carbonyl (C=O) groups excluding carboxylic acids is 4. The molecular formula is C32H36O8. The number of hydrogen-bond acceptors (Lipinski definition) is 8. The molecule has 0 bridgehead atoms. The van der Waals surface area contributed by atoms with Gasteiger partial charge in [0.25, 0.3) is 0 Å². The van der Waals surface area contributed by atoms with Crippen molar-refractivity contribution in [3.63, 3.8) is 0 Å². The highest BCUT2D eigenvalue weighted by Crippen LogP contribution is 2.30. The summed E-state index contributed by atoms with van der Waals surface area (Å²) in [5.41, 5.74) is 1.80. The fourth-order valence-electron chi connectivity index (χ4n) is 4.97. The van der Waals surface area contributed by atoms with Gasteiger partial charge in [0.15, 0.2) is 0 Å². The third-order valence-corrected chi connectivity index (χ3v) is 7.53. The van der Waals surface area contributed by atoms with Gasteiger partial charge in [-0.15, -0.1) is 0 Å². The van der Waals surface area contributed by atoms with Gasteiger partial charge in [0.2, 0.25) is 0 Å². The van der Waals surface area contributed by atoms with Crippen LogP contribution in [0.1, 0.15) is 62.5 Å². The van der Waals surface area contributed by atoms with Gasteiger partial charge in [-0.25, -0.2) is 9.59 Å². The Morgan fingerprint density at radius 2 is 0.900 bits per heavy atom. The molecule has 2 saturated carbocycles. The maximum absolute atomic E-state index is 12.5. The lowest BCUT2D eigenvalue weighted by molar-refractivity contribution is -0.155. The molecule has 2 aromatic rings. The molecular weight excluding hydrogens is 512 g/mol. The molecule has 0 saturated heterocycles. The van der Waals surface area contributed by atoms with E-state index in [4.69, 9.17) is 18.9 Å². The summed E-state index contributed by atoms with van der Waals surface area (Å²) in [5, 5.41) is 0. The van der Waals surface area contributed by atoms with E-state index in [0.717, 1.165) is 11.1 Å². The molecule has 2 aliphatic carbocycles. The summed E-state index contributed by atoms with van der Waals surface area (Å²) in [4.78, 5) is 50.1. The molecule has 4 rings (SSSR count). The highest BCUT2D eigenvalue weighted by atomic mass is 16.6. The Morgan fingerprint density at radius 3 is 1.23 bits per heavy atom. The fraction of sp³-hybridized carbons (Fsp3) is 0.438. The topological polar surface area (TPSA) is 105 Å². The molecule has 40 heavy (non-hydrogen) atoms. The van der Waals surface area contributed by atoms with Gasteiger partial charge in [-0.1, -0.05) is 42.0 Å². The summed E-state index contributed by atoms with van der Waals surface area (Å²) < 4.78 is 21.9. The molecule has 0 unspecified atom stereocenters. The van der Waals surface area contributed by atoms with Crippen molar-refractivity contribution >= 4 is 23.9 Å². The molecule has 212 valence electrons. The highest BCUT2D eigenvalue weighted by Gasteiger charge is 2.33. The molecule has 0 aliphatic heterocycles. The van der Waals surface area contributed by atoms with Crippen LogP contribution in [0.3, 0.4) is 0 Å². The van der Waals surface area contributed by atoms with Crippen molar-refractivity contribution < 1.29 is 38.1 Å². The minimum Gasteiger partial charge on any atom is -0.459 e. The zero-order valence-corrected chi connectivity index (χ0v) is 23.1. The summed E-state index contributed by atoms with van der Waals surface area (Å²) in [5.74, 6) is -1.73. The first-order valence-electron chi connectivity index (χ1n) is 13.9. The SMILES string of the molecule is C=C(C(=O)OC1CCC(C(=O)Oc2ccc(C)cc2)CC1)C(=O)OC1CCC(C(=O)Oc2ccc(C)cc2)CC1. The van der Waals surface area contributed by atoms with Crippen LogP contribution in [-0.2, 0) is 28.7 Å². The number of benzene rings is 2. The maximum Gasteiger partial charge on any atom is 0.345 e. The van der Waals surface area contributed by atoms with E-state index in [1.807, 2.05) is 38.1 Å². The van der Waals surface area contributed by atoms with Gasteiger partial charge in [-0.2, -0.15) is 0 Å². The molecule has 0 heterocycles. The molecule has 2 fully saturated rings. The van der Waals surface area contributed by atoms with E-state index < -0.39 is 24.1 Å². The van der Waals surface area contributed by atoms with Gasteiger partial charge in [0.1, 0.15) is 29.3 Å². The smallest absolute Gasteiger partial charge is 0.345 e. The summed E-state index contributed by atoms with van der Waals surface area (Å²) in [6, 6.07) is 14.6. The van der Waals surface area contributed by atoms with Crippen LogP contribution in [0, 0.1) is 25.7 Å². The van der Waals surface area contributed by atoms with Gasteiger partial charge in [-0.05, 0) is 89.5 Å². The maximum atomic E-state index is 12.5. The third-order valence-electron chi connectivity index (χ3n) is 7.53. The number of carbonyl (C=O) groups is 4. The van der Waals surface area contributed by atoms with Crippen LogP contribution in [-0.4, -0.2) is 36.1 Å². The second kappa shape index (κ2) is 13.4. The van der Waals surface area contributed by atoms with Crippen molar-refractivity contribution in [2.75, 3.05) is 0 Å². The Hall–Kier alpha value is -3.94. The van der Waals surface area contributed by atoms with E-state index in [0.29, 0.717) is 62.9 Å². The number of hydrogen-bond donors (Lipinski definition) is 0. The first-order valence-corrected chi connectivity index (χ1v) is 13.9. The van der Waals surface area contributed by atoms with Crippen LogP contribution < -0.4 is 9.47 Å². The molecule has 2 aromatic carbocycles. The molecule has 0 amide bonds. The summed E-state index contributed by atoms with van der Waals surface area (Å²) >= 11 is 0. The molecule has 8 nitrogen and oxygen atoms in total. The highest BCUT2D eigenvalue weighted by molar-refractivity contribution is 6.13. The second-order valence-electron chi connectivity index (χ2n) is 10.7. The Balaban J connectivity index is 1.14. The van der Waals surface area contributed by atoms with E-state index in [1.165, 1.54) is 0 Å². The minimum atomic E-state index is -0.814. The van der Waals surface area contributed by atoms with E-state index >= 15 is 0 Å². The van der Waals surface area contributed by atoms with Crippen LogP contribution >= 0.6 is 0 Å². The number of aryl methyl sites for hydroxylation is 2. The molecule has 0 aromatic heterocycles. The van der Waals surface area contributed by atoms with Crippen LogP contribution in [0.2, 0.25) is 0 Å². The largest absolute Gasteiger partial charge is 0.459 e. The zero-order valence-electron chi connectivity index (χ0n) is 23.1. The van der Waals surface area contributed by atoms with Crippen LogP contribution in [0.5, 0.6) is 11.5 Å². The predicted molar refractivity (Wildman–Crippen MR) is 146 cm³/mol. The first kappa shape index (κ1) is 29.1. The quantitative estimate of drug-likeness (QED) is 0.139. The third kappa shape index (κ3) is 8.04. The standard InChI is InChI=1S/C32H36O8/c1-20-4-12-25(13-5-20)39-31(35)23-8-16-27(17-9-23)37-29(33)22(3)30(34)38-28-18-10-24(11-19-28)32(36)40-26-14-6-21(2)7-15-26/h4-7,12-15,23-24,27-28H,3,8-11,16-19H2,1-2H3. The summed E-state index contributed by atoms with van der Waals surface area (Å²) in [6.45, 7) is 7.50. The Morgan fingerprint density at radius 1 is 0.575 bits per heavy atom. The number of rotatable bonds is 8. The lowest BCUT2D eigenvalue weighted by Crippen LogP contribution is -2.33. The van der Waals surface area contributed by atoms with Crippen LogP contribution in [0.25, 0.3) is 0 Å². The Kier molecular flexibility index (Phi) is 9.74. The first-order chi connectivity index (χ1) is 19.2. The van der Waals surface area contributed by atoms with Gasteiger partial charge >= 0.3 is 23.9 Å². The molecule has 0 atom stereocenters. The Bertz CT molecular complexity index is 1120. The normalized spacial score (nSPS) is 22.4. The minimum absolute atomic E-state index is 0.270. The summed E-state index contributed by atoms with van der Waals surface area (Å²) in [7, 11) is 0. The average molecular weight is 549 g/mol. The predicted octanol–water partition coefficient (Wildman–Crippen LogP) is 5.57. The van der Waals surface area contributed by atoms with Crippen LogP contribution in [0.4, 0.5) is 0 Å². The van der Waals surface area contributed by atoms with Crippen molar-refractivity contribution in [3.8, 4) is 11.5 Å². The van der Waals surface area contributed by atoms with Gasteiger partial charge in [0, 0.05) is 0 Å². The molecule has 0 radical (unpaired) electrons. The molecule has 0 spiro atoms. The zero-order chi connectivity index (χ0) is 28.6. The van der Waals surface area contributed by atoms with Crippen molar-refractivity contribution in [2.24, 2.45) is 11.8 Å². The fourth-order valence-corrected chi connectivity index (χ4v) is 4.97. The van der Waals surface area contributed by atoms with E-state index in [9.17, 15) is 19.2 Å². The molecule has 2 aliphatic rings. The number of ether oxygens (including phenoxy) is 4. The average Bonchev–Trinajstić information content (AvgIpc) is 2.95. The monoisotopic (exact) mass is 548 g/mol. The van der Waals surface area contributed by atoms with Crippen LogP contribution in [0.15, 0.2) is 60.7 Å². The second-order valence-corrected chi connectivity index (χ2v) is 10.7. The van der Waals surface area contributed by atoms with E-state index in [2.05, 4.69) is 6.58 Å². The van der Waals surface area contributed by atoms with Crippen molar-refractivity contribution in [2.45, 2.75) is 77.4 Å². The van der Waals surface area contributed by atoms with E-state index in [1.54, 1.807) is 24.3 Å². The van der Waals surface area contributed by atoms with Gasteiger partial charge in [-0.3, -0.25) is 9.59 Å². The lowest BCUT2D eigenvalue weighted by Gasteiger charge is -2.28. The lowest BCUT2D eigenvalue weighted by atomic mass is 9.87. The van der Waals surface area contributed by atoms with Crippen molar-refractivity contribution in [3.05, 3.63) is 71.8 Å². The van der Waals surface area contributed by atoms with E-state index in [-0.39, 0.29) is 29.3 Å². The summed E-state index contributed by atoms with van der Waals surface area (Å²) in [6.07, 6.45) is 3.24.